The molecule has 0 fully saturated rings. The zero-order valence-corrected chi connectivity index (χ0v) is 19.0. The van der Waals surface area contributed by atoms with Crippen LogP contribution in [0, 0.1) is 0 Å². The monoisotopic (exact) mass is 464 g/mol. The molecule has 1 heterocycles. The second-order valence-electron chi connectivity index (χ2n) is 7.79. The van der Waals surface area contributed by atoms with Gasteiger partial charge in [0.05, 0.1) is 6.42 Å². The smallest absolute Gasteiger partial charge is 0.247 e. The third kappa shape index (κ3) is 5.65. The fourth-order valence-electron chi connectivity index (χ4n) is 3.78. The van der Waals surface area contributed by atoms with Crippen molar-refractivity contribution in [1.82, 2.24) is 4.90 Å². The molecule has 1 aliphatic rings. The molecule has 0 aliphatic carbocycles. The molecule has 33 heavy (non-hydrogen) atoms. The molecule has 0 aromatic heterocycles. The van der Waals surface area contributed by atoms with E-state index in [1.54, 1.807) is 35.2 Å². The summed E-state index contributed by atoms with van der Waals surface area (Å²) in [5.74, 6) is 0.844. The molecule has 0 spiro atoms. The normalized spacial score (nSPS) is 12.8. The molecule has 1 unspecified atom stereocenters. The van der Waals surface area contributed by atoms with Gasteiger partial charge in [-0.1, -0.05) is 61.0 Å². The Morgan fingerprint density at radius 2 is 1.70 bits per heavy atom. The minimum Gasteiger partial charge on any atom is -0.454 e. The number of nitrogens with zero attached hydrogens (tertiary/aromatic N) is 1. The highest BCUT2D eigenvalue weighted by molar-refractivity contribution is 6.30. The van der Waals surface area contributed by atoms with Crippen LogP contribution in [-0.2, 0) is 22.6 Å². The van der Waals surface area contributed by atoms with Gasteiger partial charge < -0.3 is 19.7 Å². The average molecular weight is 465 g/mol. The number of halogens is 1. The first-order valence-corrected chi connectivity index (χ1v) is 11.2. The molecule has 0 bridgehead atoms. The molecule has 1 aliphatic heterocycles. The zero-order valence-electron chi connectivity index (χ0n) is 18.3. The molecule has 6 nitrogen and oxygen atoms in total. The molecule has 2 amide bonds. The summed E-state index contributed by atoms with van der Waals surface area (Å²) in [7, 11) is 0. The first kappa shape index (κ1) is 22.7. The number of fused-ring (bicyclic) bond motifs is 1. The summed E-state index contributed by atoms with van der Waals surface area (Å²) in [5, 5.41) is 3.55. The number of nitrogens with one attached hydrogen (secondary N) is 1. The number of ether oxygens (including phenoxy) is 2. The Hall–Kier alpha value is -3.51. The second-order valence-corrected chi connectivity index (χ2v) is 8.23. The summed E-state index contributed by atoms with van der Waals surface area (Å²) in [6.07, 6.45) is 0.673. The topological polar surface area (TPSA) is 67.9 Å². The number of hydrogen-bond acceptors (Lipinski definition) is 4. The van der Waals surface area contributed by atoms with Crippen LogP contribution in [-0.4, -0.2) is 29.5 Å². The van der Waals surface area contributed by atoms with Gasteiger partial charge in [-0.05, 0) is 41.8 Å². The summed E-state index contributed by atoms with van der Waals surface area (Å²) >= 11 is 6.03. The van der Waals surface area contributed by atoms with Crippen molar-refractivity contribution in [2.45, 2.75) is 32.4 Å². The predicted octanol–water partition coefficient (Wildman–Crippen LogP) is 5.06. The second kappa shape index (κ2) is 10.4. The van der Waals surface area contributed by atoms with Gasteiger partial charge in [0.1, 0.15) is 6.04 Å². The van der Waals surface area contributed by atoms with Crippen molar-refractivity contribution in [3.05, 3.63) is 88.9 Å². The number of carbonyl (C=O) groups excluding carboxylic acids is 2. The Morgan fingerprint density at radius 1 is 0.970 bits per heavy atom. The quantitative estimate of drug-likeness (QED) is 0.506. The lowest BCUT2D eigenvalue weighted by Crippen LogP contribution is -2.47. The number of carbonyl (C=O) groups is 2. The van der Waals surface area contributed by atoms with Crippen molar-refractivity contribution < 1.29 is 19.1 Å². The first-order valence-electron chi connectivity index (χ1n) is 10.8. The van der Waals surface area contributed by atoms with Gasteiger partial charge in [-0.3, -0.25) is 9.59 Å². The molecule has 7 heteroatoms. The number of anilines is 1. The molecule has 4 rings (SSSR count). The summed E-state index contributed by atoms with van der Waals surface area (Å²) in [5.41, 5.74) is 2.38. The maximum Gasteiger partial charge on any atom is 0.247 e. The van der Waals surface area contributed by atoms with Gasteiger partial charge in [-0.2, -0.15) is 0 Å². The van der Waals surface area contributed by atoms with E-state index >= 15 is 0 Å². The fraction of sp³-hybridized carbons (Fsp3) is 0.231. The van der Waals surface area contributed by atoms with Crippen LogP contribution < -0.4 is 14.8 Å². The van der Waals surface area contributed by atoms with Crippen LogP contribution in [0.4, 0.5) is 5.69 Å². The van der Waals surface area contributed by atoms with Crippen molar-refractivity contribution in [3.8, 4) is 11.5 Å². The van der Waals surface area contributed by atoms with E-state index in [1.165, 1.54) is 0 Å². The van der Waals surface area contributed by atoms with Crippen LogP contribution in [0.5, 0.6) is 11.5 Å². The Bertz CT molecular complexity index is 1120. The summed E-state index contributed by atoms with van der Waals surface area (Å²) < 4.78 is 10.7. The Morgan fingerprint density at radius 3 is 2.42 bits per heavy atom. The van der Waals surface area contributed by atoms with Crippen LogP contribution >= 0.6 is 11.6 Å². The number of benzene rings is 3. The van der Waals surface area contributed by atoms with Crippen molar-refractivity contribution in [1.29, 1.82) is 0 Å². The largest absolute Gasteiger partial charge is 0.454 e. The zero-order chi connectivity index (χ0) is 23.2. The maximum absolute atomic E-state index is 13.4. The Kier molecular flexibility index (Phi) is 7.15. The highest BCUT2D eigenvalue weighted by atomic mass is 35.5. The van der Waals surface area contributed by atoms with Crippen molar-refractivity contribution in [2.24, 2.45) is 0 Å². The van der Waals surface area contributed by atoms with E-state index in [9.17, 15) is 9.59 Å². The molecule has 0 radical (unpaired) electrons. The molecule has 0 saturated carbocycles. The molecule has 0 saturated heterocycles. The lowest BCUT2D eigenvalue weighted by molar-refractivity contribution is -0.139. The average Bonchev–Trinajstić information content (AvgIpc) is 3.29. The van der Waals surface area contributed by atoms with Crippen molar-refractivity contribution in [3.63, 3.8) is 0 Å². The van der Waals surface area contributed by atoms with Crippen molar-refractivity contribution >= 4 is 29.1 Å². The van der Waals surface area contributed by atoms with E-state index in [4.69, 9.17) is 21.1 Å². The minimum absolute atomic E-state index is 0.121. The number of rotatable bonds is 8. The summed E-state index contributed by atoms with van der Waals surface area (Å²) in [6.45, 7) is 2.36. The van der Waals surface area contributed by atoms with Crippen LogP contribution in [0.25, 0.3) is 0 Å². The van der Waals surface area contributed by atoms with Gasteiger partial charge in [0.2, 0.25) is 18.6 Å². The minimum atomic E-state index is -0.651. The van der Waals surface area contributed by atoms with E-state index in [2.05, 4.69) is 5.32 Å². The van der Waals surface area contributed by atoms with Gasteiger partial charge in [0.15, 0.2) is 11.5 Å². The standard InChI is InChI=1S/C26H25ClN2O4/c1-2-22(26(31)28-21-12-13-23-24(15-21)33-17-32-23)29(16-19-8-10-20(27)11-9-19)25(30)14-18-6-4-3-5-7-18/h3-13,15,22H,2,14,16-17H2,1H3,(H,28,31). The molecular formula is C26H25ClN2O4. The van der Waals surface area contributed by atoms with Crippen LogP contribution in [0.3, 0.4) is 0 Å². The molecule has 170 valence electrons. The Balaban J connectivity index is 1.56. The maximum atomic E-state index is 13.4. The van der Waals surface area contributed by atoms with Gasteiger partial charge in [-0.15, -0.1) is 0 Å². The van der Waals surface area contributed by atoms with E-state index in [-0.39, 0.29) is 25.0 Å². The van der Waals surface area contributed by atoms with E-state index < -0.39 is 6.04 Å². The summed E-state index contributed by atoms with van der Waals surface area (Å²) in [6, 6.07) is 21.4. The number of amides is 2. The molecule has 1 atom stereocenters. The molecular weight excluding hydrogens is 440 g/mol. The van der Waals surface area contributed by atoms with E-state index in [1.807, 2.05) is 49.4 Å². The molecule has 3 aromatic carbocycles. The van der Waals surface area contributed by atoms with Gasteiger partial charge in [0.25, 0.3) is 0 Å². The predicted molar refractivity (Wildman–Crippen MR) is 127 cm³/mol. The Labute approximate surface area is 198 Å². The molecule has 1 N–H and O–H groups in total. The van der Waals surface area contributed by atoms with Crippen LogP contribution in [0.15, 0.2) is 72.8 Å². The number of hydrogen-bond donors (Lipinski definition) is 1. The van der Waals surface area contributed by atoms with Crippen LogP contribution in [0.2, 0.25) is 5.02 Å². The van der Waals surface area contributed by atoms with E-state index in [0.717, 1.165) is 11.1 Å². The molecule has 3 aromatic rings. The van der Waals surface area contributed by atoms with Gasteiger partial charge in [-0.25, -0.2) is 0 Å². The van der Waals surface area contributed by atoms with Gasteiger partial charge in [0, 0.05) is 23.3 Å². The lowest BCUT2D eigenvalue weighted by atomic mass is 10.1. The fourth-order valence-corrected chi connectivity index (χ4v) is 3.90. The lowest BCUT2D eigenvalue weighted by Gasteiger charge is -2.31. The highest BCUT2D eigenvalue weighted by Gasteiger charge is 2.29. The first-order chi connectivity index (χ1) is 16.0. The van der Waals surface area contributed by atoms with E-state index in [0.29, 0.717) is 35.2 Å². The summed E-state index contributed by atoms with van der Waals surface area (Å²) in [4.78, 5) is 28.3. The SMILES string of the molecule is CCC(C(=O)Nc1ccc2c(c1)OCO2)N(Cc1ccc(Cl)cc1)C(=O)Cc1ccccc1. The highest BCUT2D eigenvalue weighted by Crippen LogP contribution is 2.34. The third-order valence-electron chi connectivity index (χ3n) is 5.49. The van der Waals surface area contributed by atoms with Crippen LogP contribution in [0.1, 0.15) is 24.5 Å². The third-order valence-corrected chi connectivity index (χ3v) is 5.74. The van der Waals surface area contributed by atoms with Crippen molar-refractivity contribution in [2.75, 3.05) is 12.1 Å². The van der Waals surface area contributed by atoms with Gasteiger partial charge >= 0.3 is 0 Å².